The van der Waals surface area contributed by atoms with E-state index in [1.54, 1.807) is 0 Å². The van der Waals surface area contributed by atoms with Crippen molar-refractivity contribution in [2.45, 2.75) is 111 Å². The first-order valence-electron chi connectivity index (χ1n) is 12.9. The van der Waals surface area contributed by atoms with Crippen LogP contribution in [-0.4, -0.2) is 24.0 Å². The second kappa shape index (κ2) is 26.6. The normalized spacial score (nSPS) is 10.7. The highest BCUT2D eigenvalue weighted by molar-refractivity contribution is 5.14. The lowest BCUT2D eigenvalue weighted by molar-refractivity contribution is -0.0783. The second-order valence-electron chi connectivity index (χ2n) is 8.55. The number of aliphatic hydroxyl groups excluding tert-OH is 1. The van der Waals surface area contributed by atoms with Gasteiger partial charge in [-0.15, -0.1) is 0 Å². The number of aryl methyl sites for hydroxylation is 2. The molecule has 190 valence electrons. The van der Waals surface area contributed by atoms with Gasteiger partial charge < -0.3 is 15.3 Å². The highest BCUT2D eigenvalue weighted by Gasteiger charge is 1.95. The van der Waals surface area contributed by atoms with Crippen LogP contribution in [0.15, 0.2) is 60.7 Å². The molecule has 0 bridgehead atoms. The molecule has 0 amide bonds. The number of hydrogen-bond donors (Lipinski definition) is 1. The number of rotatable bonds is 14. The van der Waals surface area contributed by atoms with Gasteiger partial charge in [0.05, 0.1) is 0 Å². The van der Waals surface area contributed by atoms with E-state index in [-0.39, 0.29) is 5.48 Å². The zero-order valence-corrected chi connectivity index (χ0v) is 21.9. The van der Waals surface area contributed by atoms with Crippen molar-refractivity contribution in [2.75, 3.05) is 7.11 Å². The number of ether oxygens (including phenoxy) is 1. The van der Waals surface area contributed by atoms with Crippen LogP contribution in [0.5, 0.6) is 0 Å². The average molecular weight is 461 g/mol. The smallest absolute Gasteiger partial charge is 0.154 e. The minimum atomic E-state index is -0.551. The van der Waals surface area contributed by atoms with E-state index < -0.39 is 6.29 Å². The Morgan fingerprint density at radius 3 is 1.48 bits per heavy atom. The number of aliphatic hydroxyl groups is 1. The molecule has 0 saturated carbocycles. The molecule has 0 aliphatic carbocycles. The van der Waals surface area contributed by atoms with Crippen LogP contribution >= 0.6 is 0 Å². The van der Waals surface area contributed by atoms with Gasteiger partial charge in [-0.05, 0) is 31.7 Å². The summed E-state index contributed by atoms with van der Waals surface area (Å²) in [7, 11) is 1.50. The molecular formula is C30H52O3. The highest BCUT2D eigenvalue weighted by atomic mass is 16.6. The van der Waals surface area contributed by atoms with Gasteiger partial charge in [-0.2, -0.15) is 0 Å². The van der Waals surface area contributed by atoms with Crippen LogP contribution in [0, 0.1) is 6.92 Å². The molecule has 0 aromatic heterocycles. The minimum Gasteiger partial charge on any atom is -0.412 e. The summed E-state index contributed by atoms with van der Waals surface area (Å²) in [5, 5.41) is 8.64. The number of benzene rings is 2. The zero-order chi connectivity index (χ0) is 23.7. The van der Waals surface area contributed by atoms with Crippen LogP contribution in [0.1, 0.15) is 102 Å². The largest absolute Gasteiger partial charge is 0.412 e. The molecule has 2 aromatic rings. The Hall–Kier alpha value is -1.68. The van der Waals surface area contributed by atoms with Gasteiger partial charge in [-0.1, -0.05) is 144 Å². The third-order valence-electron chi connectivity index (χ3n) is 5.41. The molecule has 0 aliphatic heterocycles. The Labute approximate surface area is 204 Å². The molecule has 1 unspecified atom stereocenters. The molecular weight excluding hydrogens is 408 g/mol. The van der Waals surface area contributed by atoms with Crippen molar-refractivity contribution in [3.05, 3.63) is 71.8 Å². The van der Waals surface area contributed by atoms with Crippen LogP contribution in [0.3, 0.4) is 0 Å². The standard InChI is InChI=1S/C18H30.C7H8.C5H12O2.H2O/c1-2-3-4-5-6-7-8-9-10-12-15-18-16-13-11-14-17-18;1-7-5-3-2-4-6-7;1-3-4-5(6)7-2;/h11,13-14,16-17H,2-10,12,15H2,1H3;2-6H,1H3;5-6H,3-4H2,1-2H3;1H2. The first-order chi connectivity index (χ1) is 15.6. The fraction of sp³-hybridized carbons (Fsp3) is 0.600. The van der Waals surface area contributed by atoms with Crippen LogP contribution in [0.4, 0.5) is 0 Å². The summed E-state index contributed by atoms with van der Waals surface area (Å²) >= 11 is 0. The van der Waals surface area contributed by atoms with Crippen molar-refractivity contribution in [3.8, 4) is 0 Å². The molecule has 0 saturated heterocycles. The molecule has 3 nitrogen and oxygen atoms in total. The van der Waals surface area contributed by atoms with Gasteiger partial charge in [0, 0.05) is 7.11 Å². The Morgan fingerprint density at radius 1 is 0.667 bits per heavy atom. The molecule has 33 heavy (non-hydrogen) atoms. The maximum absolute atomic E-state index is 8.64. The summed E-state index contributed by atoms with van der Waals surface area (Å²) in [5.41, 5.74) is 2.82. The maximum Gasteiger partial charge on any atom is 0.154 e. The van der Waals surface area contributed by atoms with E-state index in [0.717, 1.165) is 12.8 Å². The second-order valence-corrected chi connectivity index (χ2v) is 8.55. The van der Waals surface area contributed by atoms with Crippen molar-refractivity contribution in [2.24, 2.45) is 0 Å². The SMILES string of the molecule is CCCC(O)OC.CCCCCCCCCCCCc1ccccc1.Cc1ccccc1.O. The van der Waals surface area contributed by atoms with Gasteiger partial charge in [-0.25, -0.2) is 0 Å². The summed E-state index contributed by atoms with van der Waals surface area (Å²) in [6.07, 6.45) is 16.7. The molecule has 0 fully saturated rings. The molecule has 0 spiro atoms. The van der Waals surface area contributed by atoms with Crippen molar-refractivity contribution in [1.82, 2.24) is 0 Å². The van der Waals surface area contributed by atoms with Crippen LogP contribution in [0.25, 0.3) is 0 Å². The average Bonchev–Trinajstić information content (AvgIpc) is 2.82. The highest BCUT2D eigenvalue weighted by Crippen LogP contribution is 2.12. The summed E-state index contributed by atoms with van der Waals surface area (Å²) < 4.78 is 4.55. The predicted molar refractivity (Wildman–Crippen MR) is 145 cm³/mol. The molecule has 0 aliphatic rings. The predicted octanol–water partition coefficient (Wildman–Crippen LogP) is 8.07. The third-order valence-corrected chi connectivity index (χ3v) is 5.41. The Balaban J connectivity index is 0. The van der Waals surface area contributed by atoms with E-state index in [9.17, 15) is 0 Å². The molecule has 1 atom stereocenters. The lowest BCUT2D eigenvalue weighted by Crippen LogP contribution is -2.06. The van der Waals surface area contributed by atoms with Crippen LogP contribution in [-0.2, 0) is 11.2 Å². The molecule has 2 rings (SSSR count). The summed E-state index contributed by atoms with van der Waals surface area (Å²) in [6.45, 7) is 6.37. The van der Waals surface area contributed by atoms with E-state index in [4.69, 9.17) is 5.11 Å². The monoisotopic (exact) mass is 460 g/mol. The summed E-state index contributed by atoms with van der Waals surface area (Å²) in [6, 6.07) is 21.1. The van der Waals surface area contributed by atoms with E-state index in [1.807, 2.05) is 25.1 Å². The van der Waals surface area contributed by atoms with Crippen molar-refractivity contribution < 1.29 is 15.3 Å². The number of hydrogen-bond acceptors (Lipinski definition) is 2. The maximum atomic E-state index is 8.64. The number of unbranched alkanes of at least 4 members (excludes halogenated alkanes) is 9. The molecule has 0 heterocycles. The van der Waals surface area contributed by atoms with Gasteiger partial charge in [0.25, 0.3) is 0 Å². The Kier molecular flexibility index (Phi) is 27.0. The lowest BCUT2D eigenvalue weighted by atomic mass is 10.0. The third kappa shape index (κ3) is 24.8. The van der Waals surface area contributed by atoms with Gasteiger partial charge in [0.1, 0.15) is 0 Å². The van der Waals surface area contributed by atoms with E-state index in [0.29, 0.717) is 0 Å². The topological polar surface area (TPSA) is 61.0 Å². The van der Waals surface area contributed by atoms with Gasteiger partial charge in [0.2, 0.25) is 0 Å². The lowest BCUT2D eigenvalue weighted by Gasteiger charge is -2.03. The molecule has 3 heteroatoms. The Morgan fingerprint density at radius 2 is 1.12 bits per heavy atom. The summed E-state index contributed by atoms with van der Waals surface area (Å²) in [5.74, 6) is 0. The minimum absolute atomic E-state index is 0. The molecule has 3 N–H and O–H groups in total. The van der Waals surface area contributed by atoms with E-state index >= 15 is 0 Å². The Bertz CT molecular complexity index is 586. The van der Waals surface area contributed by atoms with E-state index in [1.165, 1.54) is 88.9 Å². The van der Waals surface area contributed by atoms with Crippen LogP contribution in [0.2, 0.25) is 0 Å². The fourth-order valence-corrected chi connectivity index (χ4v) is 3.36. The first-order valence-corrected chi connectivity index (χ1v) is 12.9. The zero-order valence-electron chi connectivity index (χ0n) is 21.9. The molecule has 2 aromatic carbocycles. The van der Waals surface area contributed by atoms with Crippen molar-refractivity contribution in [3.63, 3.8) is 0 Å². The van der Waals surface area contributed by atoms with Gasteiger partial charge in [0.15, 0.2) is 6.29 Å². The number of methoxy groups -OCH3 is 1. The van der Waals surface area contributed by atoms with Crippen LogP contribution < -0.4 is 0 Å². The molecule has 0 radical (unpaired) electrons. The summed E-state index contributed by atoms with van der Waals surface area (Å²) in [4.78, 5) is 0. The quantitative estimate of drug-likeness (QED) is 0.229. The fourth-order valence-electron chi connectivity index (χ4n) is 3.36. The first kappa shape index (κ1) is 33.5. The van der Waals surface area contributed by atoms with Gasteiger partial charge >= 0.3 is 0 Å². The van der Waals surface area contributed by atoms with E-state index in [2.05, 4.69) is 61.0 Å². The van der Waals surface area contributed by atoms with Crippen molar-refractivity contribution in [1.29, 1.82) is 0 Å². The van der Waals surface area contributed by atoms with Gasteiger partial charge in [-0.3, -0.25) is 0 Å². The van der Waals surface area contributed by atoms with Crippen molar-refractivity contribution >= 4 is 0 Å².